The molecule has 0 saturated carbocycles. The molecule has 4 nitrogen and oxygen atoms in total. The lowest BCUT2D eigenvalue weighted by Gasteiger charge is -2.10. The van der Waals surface area contributed by atoms with E-state index < -0.39 is 10.0 Å². The van der Waals surface area contributed by atoms with Gasteiger partial charge >= 0.3 is 0 Å². The quantitative estimate of drug-likeness (QED) is 0.843. The SMILES string of the molecule is Cc1ccc(S(=O)(=O)Nc2ccccc2Br)cc1N. The van der Waals surface area contributed by atoms with E-state index in [0.29, 0.717) is 15.8 Å². The molecule has 2 aromatic carbocycles. The molecule has 0 aliphatic rings. The summed E-state index contributed by atoms with van der Waals surface area (Å²) in [6, 6.07) is 11.7. The molecule has 3 N–H and O–H groups in total. The van der Waals surface area contributed by atoms with Crippen LogP contribution in [0.15, 0.2) is 51.8 Å². The van der Waals surface area contributed by atoms with Crippen LogP contribution in [0.1, 0.15) is 5.56 Å². The number of hydrogen-bond acceptors (Lipinski definition) is 3. The molecule has 2 aromatic rings. The Hall–Kier alpha value is -1.53. The fourth-order valence-corrected chi connectivity index (χ4v) is 3.16. The number of sulfonamides is 1. The minimum absolute atomic E-state index is 0.145. The predicted molar refractivity (Wildman–Crippen MR) is 80.5 cm³/mol. The third-order valence-electron chi connectivity index (χ3n) is 2.68. The Morgan fingerprint density at radius 2 is 1.84 bits per heavy atom. The first-order chi connectivity index (χ1) is 8.90. The van der Waals surface area contributed by atoms with E-state index in [0.717, 1.165) is 5.56 Å². The summed E-state index contributed by atoms with van der Waals surface area (Å²) in [6.45, 7) is 1.83. The number of rotatable bonds is 3. The lowest BCUT2D eigenvalue weighted by atomic mass is 10.2. The topological polar surface area (TPSA) is 72.2 Å². The molecule has 0 aromatic heterocycles. The first-order valence-corrected chi connectivity index (χ1v) is 7.81. The standard InChI is InChI=1S/C13H13BrN2O2S/c1-9-6-7-10(8-12(9)15)19(17,18)16-13-5-3-2-4-11(13)14/h2-8,16H,15H2,1H3. The van der Waals surface area contributed by atoms with Crippen molar-refractivity contribution in [2.45, 2.75) is 11.8 Å². The summed E-state index contributed by atoms with van der Waals surface area (Å²) in [5, 5.41) is 0. The average Bonchev–Trinajstić information content (AvgIpc) is 2.35. The molecule has 0 aliphatic heterocycles. The smallest absolute Gasteiger partial charge is 0.262 e. The molecule has 2 rings (SSSR count). The lowest BCUT2D eigenvalue weighted by molar-refractivity contribution is 0.601. The third-order valence-corrected chi connectivity index (χ3v) is 4.73. The van der Waals surface area contributed by atoms with Crippen molar-refractivity contribution >= 4 is 37.3 Å². The summed E-state index contributed by atoms with van der Waals surface area (Å²) in [5.41, 5.74) is 7.53. The van der Waals surface area contributed by atoms with E-state index in [1.54, 1.807) is 24.3 Å². The lowest BCUT2D eigenvalue weighted by Crippen LogP contribution is -2.13. The van der Waals surface area contributed by atoms with Crippen LogP contribution < -0.4 is 10.5 Å². The number of benzene rings is 2. The van der Waals surface area contributed by atoms with Crippen LogP contribution >= 0.6 is 15.9 Å². The normalized spacial score (nSPS) is 11.3. The Kier molecular flexibility index (Phi) is 3.82. The molecule has 0 aliphatic carbocycles. The van der Waals surface area contributed by atoms with Gasteiger partial charge in [-0.05, 0) is 52.7 Å². The fourth-order valence-electron chi connectivity index (χ4n) is 1.53. The van der Waals surface area contributed by atoms with Crippen LogP contribution in [0.25, 0.3) is 0 Å². The van der Waals surface area contributed by atoms with Gasteiger partial charge < -0.3 is 5.73 Å². The van der Waals surface area contributed by atoms with Gasteiger partial charge in [-0.2, -0.15) is 0 Å². The van der Waals surface area contributed by atoms with Gasteiger partial charge in [0.1, 0.15) is 0 Å². The molecular weight excluding hydrogens is 328 g/mol. The molecule has 0 fully saturated rings. The zero-order valence-electron chi connectivity index (χ0n) is 10.2. The highest BCUT2D eigenvalue weighted by atomic mass is 79.9. The number of hydrogen-bond donors (Lipinski definition) is 2. The van der Waals surface area contributed by atoms with Gasteiger partial charge in [-0.3, -0.25) is 4.72 Å². The summed E-state index contributed by atoms with van der Waals surface area (Å²) < 4.78 is 27.7. The maximum absolute atomic E-state index is 12.2. The van der Waals surface area contributed by atoms with Gasteiger partial charge in [-0.15, -0.1) is 0 Å². The molecule has 0 atom stereocenters. The van der Waals surface area contributed by atoms with Gasteiger partial charge in [0, 0.05) is 10.2 Å². The molecule has 0 unspecified atom stereocenters. The summed E-state index contributed by atoms with van der Waals surface area (Å²) in [6.07, 6.45) is 0. The largest absolute Gasteiger partial charge is 0.398 e. The summed E-state index contributed by atoms with van der Waals surface area (Å²) in [5.74, 6) is 0. The van der Waals surface area contributed by atoms with E-state index in [9.17, 15) is 8.42 Å². The highest BCUT2D eigenvalue weighted by Crippen LogP contribution is 2.25. The molecule has 100 valence electrons. The van der Waals surface area contributed by atoms with Crippen molar-refractivity contribution in [3.8, 4) is 0 Å². The number of halogens is 1. The maximum atomic E-state index is 12.2. The van der Waals surface area contributed by atoms with Crippen LogP contribution in [0.4, 0.5) is 11.4 Å². The maximum Gasteiger partial charge on any atom is 0.262 e. The van der Waals surface area contributed by atoms with Gasteiger partial charge in [0.15, 0.2) is 0 Å². The third kappa shape index (κ3) is 3.08. The first-order valence-electron chi connectivity index (χ1n) is 5.53. The van der Waals surface area contributed by atoms with Crippen LogP contribution in [0.5, 0.6) is 0 Å². The van der Waals surface area contributed by atoms with E-state index in [4.69, 9.17) is 5.73 Å². The van der Waals surface area contributed by atoms with Crippen LogP contribution in [-0.2, 0) is 10.0 Å². The van der Waals surface area contributed by atoms with E-state index in [1.807, 2.05) is 13.0 Å². The molecule has 0 amide bonds. The van der Waals surface area contributed by atoms with Gasteiger partial charge in [0.25, 0.3) is 10.0 Å². The number of aryl methyl sites for hydroxylation is 1. The van der Waals surface area contributed by atoms with Gasteiger partial charge in [-0.1, -0.05) is 18.2 Å². The zero-order chi connectivity index (χ0) is 14.0. The second kappa shape index (κ2) is 5.22. The number of para-hydroxylation sites is 1. The van der Waals surface area contributed by atoms with Gasteiger partial charge in [-0.25, -0.2) is 8.42 Å². The molecule has 0 heterocycles. The Morgan fingerprint density at radius 1 is 1.16 bits per heavy atom. The molecule has 19 heavy (non-hydrogen) atoms. The number of nitrogen functional groups attached to an aromatic ring is 1. The summed E-state index contributed by atoms with van der Waals surface area (Å²) in [4.78, 5) is 0.145. The fraction of sp³-hybridized carbons (Fsp3) is 0.0769. The van der Waals surface area contributed by atoms with Crippen LogP contribution in [0.2, 0.25) is 0 Å². The number of nitrogens with one attached hydrogen (secondary N) is 1. The van der Waals surface area contributed by atoms with Crippen molar-refractivity contribution < 1.29 is 8.42 Å². The van der Waals surface area contributed by atoms with E-state index >= 15 is 0 Å². The van der Waals surface area contributed by atoms with E-state index in [2.05, 4.69) is 20.7 Å². The van der Waals surface area contributed by atoms with Crippen LogP contribution in [0, 0.1) is 6.92 Å². The van der Waals surface area contributed by atoms with Crippen molar-refractivity contribution in [1.82, 2.24) is 0 Å². The highest BCUT2D eigenvalue weighted by molar-refractivity contribution is 9.10. The number of nitrogens with two attached hydrogens (primary N) is 1. The van der Waals surface area contributed by atoms with E-state index in [-0.39, 0.29) is 4.90 Å². The Morgan fingerprint density at radius 3 is 2.47 bits per heavy atom. The minimum Gasteiger partial charge on any atom is -0.398 e. The second-order valence-electron chi connectivity index (χ2n) is 4.10. The van der Waals surface area contributed by atoms with E-state index in [1.165, 1.54) is 12.1 Å². The summed E-state index contributed by atoms with van der Waals surface area (Å²) >= 11 is 3.30. The minimum atomic E-state index is -3.64. The Labute approximate surface area is 120 Å². The van der Waals surface area contributed by atoms with Crippen molar-refractivity contribution in [2.75, 3.05) is 10.5 Å². The van der Waals surface area contributed by atoms with Crippen molar-refractivity contribution in [3.63, 3.8) is 0 Å². The molecule has 0 bridgehead atoms. The van der Waals surface area contributed by atoms with Crippen molar-refractivity contribution in [2.24, 2.45) is 0 Å². The van der Waals surface area contributed by atoms with Gasteiger partial charge in [0.2, 0.25) is 0 Å². The van der Waals surface area contributed by atoms with Crippen molar-refractivity contribution in [3.05, 3.63) is 52.5 Å². The van der Waals surface area contributed by atoms with Crippen molar-refractivity contribution in [1.29, 1.82) is 0 Å². The zero-order valence-corrected chi connectivity index (χ0v) is 12.6. The molecule has 0 spiro atoms. The number of anilines is 2. The van der Waals surface area contributed by atoms with Gasteiger partial charge in [0.05, 0.1) is 10.6 Å². The summed E-state index contributed by atoms with van der Waals surface area (Å²) in [7, 11) is -3.64. The Bertz CT molecular complexity index is 714. The van der Waals surface area contributed by atoms with Crippen LogP contribution in [-0.4, -0.2) is 8.42 Å². The molecule has 0 radical (unpaired) electrons. The average molecular weight is 341 g/mol. The molecule has 0 saturated heterocycles. The Balaban J connectivity index is 2.38. The predicted octanol–water partition coefficient (Wildman–Crippen LogP) is 3.14. The first kappa shape index (κ1) is 13.9. The monoisotopic (exact) mass is 340 g/mol. The second-order valence-corrected chi connectivity index (χ2v) is 6.64. The molecule has 6 heteroatoms. The highest BCUT2D eigenvalue weighted by Gasteiger charge is 2.16. The molecular formula is C13H13BrN2O2S. The van der Waals surface area contributed by atoms with Crippen LogP contribution in [0.3, 0.4) is 0 Å².